The zero-order valence-electron chi connectivity index (χ0n) is 9.32. The van der Waals surface area contributed by atoms with Gasteiger partial charge in [0.25, 0.3) is 5.56 Å². The highest BCUT2D eigenvalue weighted by atomic mass is 16.3. The highest BCUT2D eigenvalue weighted by Crippen LogP contribution is 2.19. The van der Waals surface area contributed by atoms with E-state index in [1.165, 1.54) is 0 Å². The Hall–Kier alpha value is -1.80. The number of pyridine rings is 1. The molecule has 0 saturated heterocycles. The number of aromatic hydroxyl groups is 1. The molecule has 0 radical (unpaired) electrons. The molecule has 0 spiro atoms. The van der Waals surface area contributed by atoms with Crippen LogP contribution in [0.25, 0.3) is 0 Å². The molecule has 16 heavy (non-hydrogen) atoms. The molecule has 1 aromatic heterocycles. The molecule has 0 amide bonds. The molecule has 0 unspecified atom stereocenters. The van der Waals surface area contributed by atoms with Crippen LogP contribution in [-0.4, -0.2) is 21.4 Å². The van der Waals surface area contributed by atoms with Crippen molar-refractivity contribution in [2.24, 2.45) is 0 Å². The van der Waals surface area contributed by atoms with Gasteiger partial charge in [0.2, 0.25) is 0 Å². The first-order valence-corrected chi connectivity index (χ1v) is 4.98. The third kappa shape index (κ3) is 1.92. The molecular formula is C11H14N2O3. The summed E-state index contributed by atoms with van der Waals surface area (Å²) in [7, 11) is 0. The van der Waals surface area contributed by atoms with E-state index in [0.717, 1.165) is 4.57 Å². The van der Waals surface area contributed by atoms with Crippen molar-refractivity contribution in [3.05, 3.63) is 27.0 Å². The topological polar surface area (TPSA) is 86.2 Å². The van der Waals surface area contributed by atoms with Gasteiger partial charge in [0.15, 0.2) is 5.88 Å². The zero-order chi connectivity index (χ0) is 12.3. The molecule has 1 heterocycles. The molecular weight excluding hydrogens is 208 g/mol. The number of hydrogen-bond donors (Lipinski definition) is 2. The maximum absolute atomic E-state index is 11.8. The van der Waals surface area contributed by atoms with Gasteiger partial charge in [-0.05, 0) is 25.8 Å². The van der Waals surface area contributed by atoms with Crippen LogP contribution in [0.1, 0.15) is 23.1 Å². The van der Waals surface area contributed by atoms with Gasteiger partial charge in [-0.2, -0.15) is 5.26 Å². The highest BCUT2D eigenvalue weighted by Gasteiger charge is 2.15. The molecule has 0 aliphatic rings. The van der Waals surface area contributed by atoms with Gasteiger partial charge in [-0.3, -0.25) is 9.36 Å². The molecule has 2 N–H and O–H groups in total. The predicted octanol–water partition coefficient (Wildman–Crippen LogP) is 0.425. The fourth-order valence-corrected chi connectivity index (χ4v) is 1.52. The smallest absolute Gasteiger partial charge is 0.271 e. The van der Waals surface area contributed by atoms with Gasteiger partial charge in [0, 0.05) is 18.7 Å². The SMILES string of the molecule is Cc1c(C)c(O)n(CCCO)c(=O)c1C#N. The van der Waals surface area contributed by atoms with E-state index >= 15 is 0 Å². The lowest BCUT2D eigenvalue weighted by Gasteiger charge is -2.12. The van der Waals surface area contributed by atoms with Crippen molar-refractivity contribution >= 4 is 0 Å². The molecule has 0 saturated carbocycles. The number of aromatic nitrogens is 1. The summed E-state index contributed by atoms with van der Waals surface area (Å²) in [5, 5.41) is 27.3. The lowest BCUT2D eigenvalue weighted by molar-refractivity contribution is 0.274. The normalized spacial score (nSPS) is 10.1. The molecule has 1 aromatic rings. The molecule has 0 aliphatic heterocycles. The Morgan fingerprint density at radius 2 is 2.00 bits per heavy atom. The summed E-state index contributed by atoms with van der Waals surface area (Å²) in [5.74, 6) is -0.130. The fourth-order valence-electron chi connectivity index (χ4n) is 1.52. The van der Waals surface area contributed by atoms with E-state index in [-0.39, 0.29) is 24.6 Å². The summed E-state index contributed by atoms with van der Waals surface area (Å²) < 4.78 is 1.12. The van der Waals surface area contributed by atoms with Crippen molar-refractivity contribution in [2.45, 2.75) is 26.8 Å². The second kappa shape index (κ2) is 4.81. The number of nitrogens with zero attached hydrogens (tertiary/aromatic N) is 2. The standard InChI is InChI=1S/C11H14N2O3/c1-7-8(2)10(15)13(4-3-5-14)11(16)9(7)6-12/h14-15H,3-5H2,1-2H3. The minimum Gasteiger partial charge on any atom is -0.494 e. The lowest BCUT2D eigenvalue weighted by Crippen LogP contribution is -2.25. The van der Waals surface area contributed by atoms with E-state index in [9.17, 15) is 9.90 Å². The molecule has 0 fully saturated rings. The molecule has 1 rings (SSSR count). The van der Waals surface area contributed by atoms with Gasteiger partial charge in [-0.25, -0.2) is 0 Å². The summed E-state index contributed by atoms with van der Waals surface area (Å²) >= 11 is 0. The van der Waals surface area contributed by atoms with E-state index < -0.39 is 5.56 Å². The van der Waals surface area contributed by atoms with Crippen LogP contribution in [0, 0.1) is 25.2 Å². The summed E-state index contributed by atoms with van der Waals surface area (Å²) in [5.41, 5.74) is 0.573. The second-order valence-corrected chi connectivity index (χ2v) is 3.59. The quantitative estimate of drug-likeness (QED) is 0.776. The summed E-state index contributed by atoms with van der Waals surface area (Å²) in [6, 6.07) is 1.84. The van der Waals surface area contributed by atoms with Crippen LogP contribution >= 0.6 is 0 Å². The van der Waals surface area contributed by atoms with Crippen LogP contribution in [0.5, 0.6) is 5.88 Å². The van der Waals surface area contributed by atoms with E-state index in [2.05, 4.69) is 0 Å². The van der Waals surface area contributed by atoms with Gasteiger partial charge in [0.1, 0.15) is 11.6 Å². The molecule has 5 heteroatoms. The third-order valence-electron chi connectivity index (χ3n) is 2.64. The number of aliphatic hydroxyl groups is 1. The number of nitriles is 1. The molecule has 5 nitrogen and oxygen atoms in total. The lowest BCUT2D eigenvalue weighted by atomic mass is 10.1. The summed E-state index contributed by atoms with van der Waals surface area (Å²) in [6.45, 7) is 3.42. The largest absolute Gasteiger partial charge is 0.494 e. The van der Waals surface area contributed by atoms with E-state index in [1.54, 1.807) is 13.8 Å². The van der Waals surface area contributed by atoms with Gasteiger partial charge in [0.05, 0.1) is 0 Å². The van der Waals surface area contributed by atoms with Gasteiger partial charge >= 0.3 is 0 Å². The zero-order valence-corrected chi connectivity index (χ0v) is 9.32. The second-order valence-electron chi connectivity index (χ2n) is 3.59. The predicted molar refractivity (Wildman–Crippen MR) is 58.3 cm³/mol. The van der Waals surface area contributed by atoms with Crippen LogP contribution in [0.3, 0.4) is 0 Å². The maximum Gasteiger partial charge on any atom is 0.271 e. The van der Waals surface area contributed by atoms with Crippen molar-refractivity contribution in [3.8, 4) is 11.9 Å². The Morgan fingerprint density at radius 1 is 1.38 bits per heavy atom. The Balaban J connectivity index is 3.45. The van der Waals surface area contributed by atoms with Crippen molar-refractivity contribution in [2.75, 3.05) is 6.61 Å². The summed E-state index contributed by atoms with van der Waals surface area (Å²) in [4.78, 5) is 11.8. The summed E-state index contributed by atoms with van der Waals surface area (Å²) in [6.07, 6.45) is 0.362. The number of hydrogen-bond acceptors (Lipinski definition) is 4. The number of aliphatic hydroxyl groups excluding tert-OH is 1. The fraction of sp³-hybridized carbons (Fsp3) is 0.455. The number of rotatable bonds is 3. The van der Waals surface area contributed by atoms with Crippen molar-refractivity contribution in [3.63, 3.8) is 0 Å². The Bertz CT molecular complexity index is 497. The van der Waals surface area contributed by atoms with Gasteiger partial charge < -0.3 is 10.2 Å². The van der Waals surface area contributed by atoms with Gasteiger partial charge in [-0.15, -0.1) is 0 Å². The molecule has 0 aliphatic carbocycles. The van der Waals surface area contributed by atoms with Crippen molar-refractivity contribution in [1.82, 2.24) is 4.57 Å². The first-order valence-electron chi connectivity index (χ1n) is 4.98. The average molecular weight is 222 g/mol. The minimum atomic E-state index is -0.503. The van der Waals surface area contributed by atoms with Crippen LogP contribution in [-0.2, 0) is 6.54 Å². The molecule has 0 bridgehead atoms. The molecule has 0 aromatic carbocycles. The highest BCUT2D eigenvalue weighted by molar-refractivity contribution is 5.44. The molecule has 0 atom stereocenters. The Labute approximate surface area is 93.2 Å². The van der Waals surface area contributed by atoms with E-state index in [0.29, 0.717) is 17.5 Å². The maximum atomic E-state index is 11.8. The van der Waals surface area contributed by atoms with Crippen molar-refractivity contribution in [1.29, 1.82) is 5.26 Å². The molecule has 86 valence electrons. The van der Waals surface area contributed by atoms with Crippen LogP contribution in [0.2, 0.25) is 0 Å². The van der Waals surface area contributed by atoms with Crippen LogP contribution < -0.4 is 5.56 Å². The Morgan fingerprint density at radius 3 is 2.50 bits per heavy atom. The van der Waals surface area contributed by atoms with E-state index in [1.807, 2.05) is 6.07 Å². The third-order valence-corrected chi connectivity index (χ3v) is 2.64. The first kappa shape index (κ1) is 12.3. The van der Waals surface area contributed by atoms with E-state index in [4.69, 9.17) is 10.4 Å². The Kier molecular flexibility index (Phi) is 3.69. The monoisotopic (exact) mass is 222 g/mol. The van der Waals surface area contributed by atoms with Crippen molar-refractivity contribution < 1.29 is 10.2 Å². The first-order chi connectivity index (χ1) is 7.54. The van der Waals surface area contributed by atoms with Crippen LogP contribution in [0.15, 0.2) is 4.79 Å². The minimum absolute atomic E-state index is 0.0493. The van der Waals surface area contributed by atoms with Crippen LogP contribution in [0.4, 0.5) is 0 Å². The van der Waals surface area contributed by atoms with Gasteiger partial charge in [-0.1, -0.05) is 0 Å². The average Bonchev–Trinajstić information content (AvgIpc) is 2.27.